The van der Waals surface area contributed by atoms with E-state index in [9.17, 15) is 13.2 Å². The summed E-state index contributed by atoms with van der Waals surface area (Å²) < 4.78 is 36.2. The molecule has 8 heteroatoms. The number of likely N-dealkylation sites (N-methyl/N-ethyl adjacent to an activating group) is 1. The van der Waals surface area contributed by atoms with Gasteiger partial charge in [-0.3, -0.25) is 9.89 Å². The zero-order chi connectivity index (χ0) is 14.0. The molecule has 0 fully saturated rings. The minimum absolute atomic E-state index is 0. The molecule has 0 atom stereocenters. The molecule has 4 nitrogen and oxygen atoms in total. The summed E-state index contributed by atoms with van der Waals surface area (Å²) in [7, 11) is 1.42. The van der Waals surface area contributed by atoms with E-state index in [1.165, 1.54) is 11.9 Å². The van der Waals surface area contributed by atoms with Gasteiger partial charge in [0.15, 0.2) is 5.96 Å². The fourth-order valence-electron chi connectivity index (χ4n) is 1.23. The minimum atomic E-state index is -4.16. The van der Waals surface area contributed by atoms with E-state index in [0.29, 0.717) is 25.6 Å². The number of nitrogens with one attached hydrogen (secondary N) is 2. The van der Waals surface area contributed by atoms with E-state index < -0.39 is 12.7 Å². The van der Waals surface area contributed by atoms with E-state index in [0.717, 1.165) is 0 Å². The molecule has 0 radical (unpaired) electrons. The van der Waals surface area contributed by atoms with E-state index in [4.69, 9.17) is 0 Å². The second-order valence-electron chi connectivity index (χ2n) is 3.78. The zero-order valence-electron chi connectivity index (χ0n) is 11.3. The van der Waals surface area contributed by atoms with Gasteiger partial charge in [-0.05, 0) is 14.0 Å². The third-order valence-corrected chi connectivity index (χ3v) is 1.96. The van der Waals surface area contributed by atoms with Gasteiger partial charge >= 0.3 is 6.18 Å². The van der Waals surface area contributed by atoms with Gasteiger partial charge in [-0.15, -0.1) is 30.6 Å². The maximum absolute atomic E-state index is 12.1. The number of rotatable bonds is 7. The van der Waals surface area contributed by atoms with Crippen molar-refractivity contribution in [1.82, 2.24) is 15.5 Å². The number of nitrogens with zero attached hydrogens (tertiary/aromatic N) is 2. The molecule has 0 aromatic carbocycles. The van der Waals surface area contributed by atoms with Crippen LogP contribution in [0, 0.1) is 0 Å². The lowest BCUT2D eigenvalue weighted by Gasteiger charge is -2.17. The third kappa shape index (κ3) is 13.7. The first-order valence-electron chi connectivity index (χ1n) is 5.77. The average molecular weight is 394 g/mol. The van der Waals surface area contributed by atoms with Crippen LogP contribution in [0.4, 0.5) is 13.2 Å². The van der Waals surface area contributed by atoms with Crippen molar-refractivity contribution in [3.05, 3.63) is 12.7 Å². The quantitative estimate of drug-likeness (QED) is 0.300. The van der Waals surface area contributed by atoms with Gasteiger partial charge in [0.05, 0.1) is 13.1 Å². The number of hydrogen-bond donors (Lipinski definition) is 2. The molecule has 0 aromatic heterocycles. The van der Waals surface area contributed by atoms with Gasteiger partial charge in [-0.1, -0.05) is 6.08 Å². The summed E-state index contributed by atoms with van der Waals surface area (Å²) in [5.41, 5.74) is 0. The van der Waals surface area contributed by atoms with Crippen molar-refractivity contribution in [1.29, 1.82) is 0 Å². The first kappa shape index (κ1) is 20.8. The second-order valence-corrected chi connectivity index (χ2v) is 3.78. The highest BCUT2D eigenvalue weighted by Gasteiger charge is 2.28. The van der Waals surface area contributed by atoms with Crippen molar-refractivity contribution < 1.29 is 13.2 Å². The Balaban J connectivity index is 0. The van der Waals surface area contributed by atoms with Gasteiger partial charge in [-0.25, -0.2) is 0 Å². The molecule has 0 spiro atoms. The Morgan fingerprint density at radius 3 is 2.47 bits per heavy atom. The summed E-state index contributed by atoms with van der Waals surface area (Å²) in [5, 5.41) is 5.96. The monoisotopic (exact) mass is 394 g/mol. The minimum Gasteiger partial charge on any atom is -0.357 e. The summed E-state index contributed by atoms with van der Waals surface area (Å²) >= 11 is 0. The van der Waals surface area contributed by atoms with Crippen LogP contribution in [0.3, 0.4) is 0 Å². The summed E-state index contributed by atoms with van der Waals surface area (Å²) in [6.45, 7) is 6.38. The van der Waals surface area contributed by atoms with Crippen molar-refractivity contribution in [2.75, 3.05) is 39.8 Å². The number of halogens is 4. The molecule has 0 bridgehead atoms. The Labute approximate surface area is 129 Å². The van der Waals surface area contributed by atoms with E-state index >= 15 is 0 Å². The maximum atomic E-state index is 12.1. The SMILES string of the molecule is C=CCNC(=NCCN(C)CC(F)(F)F)NCC.I. The normalized spacial score (nSPS) is 12.0. The highest BCUT2D eigenvalue weighted by atomic mass is 127. The summed E-state index contributed by atoms with van der Waals surface area (Å²) in [6.07, 6.45) is -2.48. The van der Waals surface area contributed by atoms with Crippen molar-refractivity contribution in [3.63, 3.8) is 0 Å². The Kier molecular flexibility index (Phi) is 12.4. The van der Waals surface area contributed by atoms with Gasteiger partial charge < -0.3 is 10.6 Å². The molecule has 0 amide bonds. The van der Waals surface area contributed by atoms with Crippen molar-refractivity contribution in [2.24, 2.45) is 4.99 Å². The molecule has 0 unspecified atom stereocenters. The second kappa shape index (κ2) is 11.3. The zero-order valence-corrected chi connectivity index (χ0v) is 13.6. The molecule has 0 rings (SSSR count). The molecule has 19 heavy (non-hydrogen) atoms. The van der Waals surface area contributed by atoms with Gasteiger partial charge in [0.2, 0.25) is 0 Å². The maximum Gasteiger partial charge on any atom is 0.401 e. The standard InChI is InChI=1S/C11H21F3N4.HI/c1-4-6-16-10(15-5-2)17-7-8-18(3)9-11(12,13)14;/h4H,1,5-9H2,2-3H3,(H2,15,16,17);1H. The highest BCUT2D eigenvalue weighted by molar-refractivity contribution is 14.0. The number of guanidine groups is 1. The topological polar surface area (TPSA) is 39.7 Å². The Morgan fingerprint density at radius 2 is 2.00 bits per heavy atom. The molecule has 0 aliphatic heterocycles. The van der Waals surface area contributed by atoms with Gasteiger partial charge in [0, 0.05) is 19.6 Å². The number of aliphatic imine (C=N–C) groups is 1. The van der Waals surface area contributed by atoms with Crippen LogP contribution in [0.1, 0.15) is 6.92 Å². The molecule has 2 N–H and O–H groups in total. The summed E-state index contributed by atoms with van der Waals surface area (Å²) in [5.74, 6) is 0.581. The Morgan fingerprint density at radius 1 is 1.37 bits per heavy atom. The van der Waals surface area contributed by atoms with Gasteiger partial charge in [-0.2, -0.15) is 13.2 Å². The largest absolute Gasteiger partial charge is 0.401 e. The number of hydrogen-bond acceptors (Lipinski definition) is 2. The first-order chi connectivity index (χ1) is 8.39. The van der Waals surface area contributed by atoms with Crippen molar-refractivity contribution in [3.8, 4) is 0 Å². The summed E-state index contributed by atoms with van der Waals surface area (Å²) in [4.78, 5) is 5.35. The predicted octanol–water partition coefficient (Wildman–Crippen LogP) is 1.84. The third-order valence-electron chi connectivity index (χ3n) is 1.96. The first-order valence-corrected chi connectivity index (χ1v) is 5.77. The molecule has 0 aliphatic carbocycles. The smallest absolute Gasteiger partial charge is 0.357 e. The van der Waals surface area contributed by atoms with Crippen molar-refractivity contribution in [2.45, 2.75) is 13.1 Å². The molecule has 0 aromatic rings. The van der Waals surface area contributed by atoms with Crippen LogP contribution in [0.2, 0.25) is 0 Å². The molecule has 0 aliphatic rings. The van der Waals surface area contributed by atoms with E-state index in [1.807, 2.05) is 6.92 Å². The van der Waals surface area contributed by atoms with Gasteiger partial charge in [0.1, 0.15) is 0 Å². The predicted molar refractivity (Wildman–Crippen MR) is 83.1 cm³/mol. The van der Waals surface area contributed by atoms with Crippen LogP contribution >= 0.6 is 24.0 Å². The van der Waals surface area contributed by atoms with Crippen LogP contribution in [-0.4, -0.2) is 56.8 Å². The van der Waals surface area contributed by atoms with Crippen LogP contribution in [0.15, 0.2) is 17.6 Å². The van der Waals surface area contributed by atoms with Crippen LogP contribution in [0.5, 0.6) is 0 Å². The van der Waals surface area contributed by atoms with Crippen molar-refractivity contribution >= 4 is 29.9 Å². The Hall–Kier alpha value is -0.510. The molecule has 114 valence electrons. The van der Waals surface area contributed by atoms with E-state index in [1.54, 1.807) is 6.08 Å². The number of alkyl halides is 3. The summed E-state index contributed by atoms with van der Waals surface area (Å²) in [6, 6.07) is 0. The molecular formula is C11H22F3IN4. The van der Waals surface area contributed by atoms with Gasteiger partial charge in [0.25, 0.3) is 0 Å². The fourth-order valence-corrected chi connectivity index (χ4v) is 1.23. The molecule has 0 saturated carbocycles. The Bertz CT molecular complexity index is 269. The molecule has 0 heterocycles. The lowest BCUT2D eigenvalue weighted by molar-refractivity contribution is -0.142. The molecular weight excluding hydrogens is 372 g/mol. The van der Waals surface area contributed by atoms with Crippen LogP contribution < -0.4 is 10.6 Å². The average Bonchev–Trinajstić information content (AvgIpc) is 2.23. The highest BCUT2D eigenvalue weighted by Crippen LogP contribution is 2.15. The lowest BCUT2D eigenvalue weighted by atomic mass is 10.5. The van der Waals surface area contributed by atoms with E-state index in [-0.39, 0.29) is 30.5 Å². The fraction of sp³-hybridized carbons (Fsp3) is 0.727. The van der Waals surface area contributed by atoms with Crippen LogP contribution in [0.25, 0.3) is 0 Å². The van der Waals surface area contributed by atoms with Crippen LogP contribution in [-0.2, 0) is 0 Å². The van der Waals surface area contributed by atoms with E-state index in [2.05, 4.69) is 22.2 Å². The lowest BCUT2D eigenvalue weighted by Crippen LogP contribution is -2.38. The molecule has 0 saturated heterocycles.